The minimum Gasteiger partial charge on any atom is -0.493 e. The third kappa shape index (κ3) is 8.32. The molecule has 0 saturated heterocycles. The molecule has 0 saturated carbocycles. The fourth-order valence-electron chi connectivity index (χ4n) is 4.13. The molecule has 8 heteroatoms. The number of ether oxygens (including phenoxy) is 3. The van der Waals surface area contributed by atoms with Gasteiger partial charge in [0.1, 0.15) is 16.9 Å². The Morgan fingerprint density at radius 3 is 2.56 bits per heavy atom. The van der Waals surface area contributed by atoms with Gasteiger partial charge in [-0.3, -0.25) is 4.79 Å². The lowest BCUT2D eigenvalue weighted by Crippen LogP contribution is -2.29. The first-order valence-corrected chi connectivity index (χ1v) is 13.6. The Bertz CT molecular complexity index is 1570. The Labute approximate surface area is 238 Å². The number of esters is 1. The average molecular weight is 556 g/mol. The van der Waals surface area contributed by atoms with Crippen LogP contribution in [0.2, 0.25) is 0 Å². The predicted molar refractivity (Wildman–Crippen MR) is 158 cm³/mol. The van der Waals surface area contributed by atoms with Gasteiger partial charge >= 0.3 is 11.6 Å². The largest absolute Gasteiger partial charge is 0.493 e. The molecule has 0 spiro atoms. The minimum absolute atomic E-state index is 0.0916. The van der Waals surface area contributed by atoms with Crippen LogP contribution in [0.5, 0.6) is 17.2 Å². The summed E-state index contributed by atoms with van der Waals surface area (Å²) in [6, 6.07) is 21.2. The molecule has 0 aliphatic carbocycles. The fourth-order valence-corrected chi connectivity index (χ4v) is 4.13. The normalized spacial score (nSPS) is 11.0. The summed E-state index contributed by atoms with van der Waals surface area (Å²) in [6.45, 7) is 3.13. The van der Waals surface area contributed by atoms with Gasteiger partial charge in [-0.25, -0.2) is 9.59 Å². The highest BCUT2D eigenvalue weighted by molar-refractivity contribution is 5.97. The molecule has 0 aliphatic rings. The first kappa shape index (κ1) is 29.1. The average Bonchev–Trinajstić information content (AvgIpc) is 2.98. The number of hydrogen-bond donors (Lipinski definition) is 1. The molecule has 0 fully saturated rings. The number of fused-ring (bicyclic) bond motifs is 1. The Kier molecular flexibility index (Phi) is 10.3. The Morgan fingerprint density at radius 1 is 0.951 bits per heavy atom. The van der Waals surface area contributed by atoms with Crippen molar-refractivity contribution in [3.8, 4) is 17.2 Å². The van der Waals surface area contributed by atoms with E-state index in [4.69, 9.17) is 18.6 Å². The van der Waals surface area contributed by atoms with Crippen LogP contribution in [0.3, 0.4) is 0 Å². The lowest BCUT2D eigenvalue weighted by molar-refractivity contribution is -0.128. The number of nitrogens with one attached hydrogen (secondary N) is 1. The van der Waals surface area contributed by atoms with Crippen LogP contribution in [0.15, 0.2) is 88.1 Å². The van der Waals surface area contributed by atoms with Crippen LogP contribution in [0.1, 0.15) is 47.7 Å². The maximum atomic E-state index is 12.6. The molecule has 8 nitrogen and oxygen atoms in total. The van der Waals surface area contributed by atoms with Gasteiger partial charge in [-0.1, -0.05) is 56.2 Å². The number of carbonyl (C=O) groups excluding carboxylic acids is 2. The van der Waals surface area contributed by atoms with Gasteiger partial charge in [-0.2, -0.15) is 0 Å². The highest BCUT2D eigenvalue weighted by Gasteiger charge is 2.14. The third-order valence-corrected chi connectivity index (χ3v) is 6.32. The molecule has 0 radical (unpaired) electrons. The van der Waals surface area contributed by atoms with E-state index in [1.54, 1.807) is 37.5 Å². The smallest absolute Gasteiger partial charge is 0.349 e. The van der Waals surface area contributed by atoms with Crippen molar-refractivity contribution in [1.29, 1.82) is 0 Å². The first-order chi connectivity index (χ1) is 20.0. The summed E-state index contributed by atoms with van der Waals surface area (Å²) in [5.41, 5.74) is 1.15. The summed E-state index contributed by atoms with van der Waals surface area (Å²) in [7, 11) is 1.56. The number of carbonyl (C=O) groups is 2. The Balaban J connectivity index is 1.36. The van der Waals surface area contributed by atoms with Gasteiger partial charge in [0, 0.05) is 24.1 Å². The number of hydrogen-bond acceptors (Lipinski definition) is 7. The van der Waals surface area contributed by atoms with E-state index in [0.29, 0.717) is 36.5 Å². The molecule has 1 aromatic heterocycles. The number of amides is 1. The summed E-state index contributed by atoms with van der Waals surface area (Å²) in [5, 5.41) is 3.28. The molecule has 0 unspecified atom stereocenters. The lowest BCUT2D eigenvalue weighted by atomic mass is 10.1. The highest BCUT2D eigenvalue weighted by Crippen LogP contribution is 2.29. The van der Waals surface area contributed by atoms with E-state index < -0.39 is 17.5 Å². The molecule has 0 bridgehead atoms. The van der Waals surface area contributed by atoms with Crippen LogP contribution in [0.4, 0.5) is 0 Å². The standard InChI is InChI=1S/C33H33NO7/c1-3-4-8-19-39-28-15-11-24(20-30(28)38-2)12-16-31(35)40-26-14-13-25-21-27(33(37)41-29(25)22-26)32(36)34-18-17-23-9-6-5-7-10-23/h5-7,9-16,20-22H,3-4,8,17-19H2,1-2H3,(H,34,36)/b16-12+. The molecule has 41 heavy (non-hydrogen) atoms. The van der Waals surface area contributed by atoms with Crippen LogP contribution in [-0.4, -0.2) is 32.1 Å². The van der Waals surface area contributed by atoms with Gasteiger partial charge in [-0.15, -0.1) is 0 Å². The predicted octanol–water partition coefficient (Wildman–Crippen LogP) is 5.96. The molecule has 212 valence electrons. The van der Waals surface area contributed by atoms with Gasteiger partial charge in [0.15, 0.2) is 11.5 Å². The highest BCUT2D eigenvalue weighted by atomic mass is 16.5. The zero-order valence-electron chi connectivity index (χ0n) is 23.2. The molecule has 1 amide bonds. The maximum absolute atomic E-state index is 12.6. The van der Waals surface area contributed by atoms with Crippen molar-refractivity contribution in [2.75, 3.05) is 20.3 Å². The topological polar surface area (TPSA) is 104 Å². The van der Waals surface area contributed by atoms with Crippen LogP contribution in [0, 0.1) is 0 Å². The molecule has 1 N–H and O–H groups in total. The van der Waals surface area contributed by atoms with Crippen molar-refractivity contribution in [1.82, 2.24) is 5.32 Å². The minimum atomic E-state index is -0.773. The van der Waals surface area contributed by atoms with Gasteiger partial charge in [0.2, 0.25) is 0 Å². The molecule has 3 aromatic carbocycles. The van der Waals surface area contributed by atoms with Gasteiger partial charge in [-0.05, 0) is 60.4 Å². The molecular formula is C33H33NO7. The first-order valence-electron chi connectivity index (χ1n) is 13.6. The van der Waals surface area contributed by atoms with Crippen molar-refractivity contribution < 1.29 is 28.2 Å². The molecule has 0 atom stereocenters. The van der Waals surface area contributed by atoms with Gasteiger partial charge < -0.3 is 23.9 Å². The number of unbranched alkanes of at least 4 members (excludes halogenated alkanes) is 2. The van der Waals surface area contributed by atoms with Crippen molar-refractivity contribution >= 4 is 28.9 Å². The van der Waals surface area contributed by atoms with E-state index in [-0.39, 0.29) is 16.9 Å². The summed E-state index contributed by atoms with van der Waals surface area (Å²) in [6.07, 6.45) is 6.72. The van der Waals surface area contributed by atoms with E-state index in [1.165, 1.54) is 18.2 Å². The molecule has 1 heterocycles. The van der Waals surface area contributed by atoms with E-state index in [1.807, 2.05) is 36.4 Å². The van der Waals surface area contributed by atoms with E-state index in [9.17, 15) is 14.4 Å². The van der Waals surface area contributed by atoms with Gasteiger partial charge in [0.05, 0.1) is 13.7 Å². The SMILES string of the molecule is CCCCCOc1ccc(/C=C/C(=O)Oc2ccc3cc(C(=O)NCCc4ccccc4)c(=O)oc3c2)cc1OC. The summed E-state index contributed by atoms with van der Waals surface area (Å²) in [5.74, 6) is 0.299. The van der Waals surface area contributed by atoms with Crippen molar-refractivity contribution in [2.24, 2.45) is 0 Å². The van der Waals surface area contributed by atoms with Crippen LogP contribution in [-0.2, 0) is 11.2 Å². The molecule has 0 aliphatic heterocycles. The zero-order valence-corrected chi connectivity index (χ0v) is 23.2. The molecule has 4 rings (SSSR count). The number of methoxy groups -OCH3 is 1. The number of rotatable bonds is 13. The molecular weight excluding hydrogens is 522 g/mol. The van der Waals surface area contributed by atoms with Crippen LogP contribution in [0.25, 0.3) is 17.0 Å². The second kappa shape index (κ2) is 14.5. The third-order valence-electron chi connectivity index (χ3n) is 6.32. The monoisotopic (exact) mass is 555 g/mol. The van der Waals surface area contributed by atoms with Crippen LogP contribution < -0.4 is 25.2 Å². The maximum Gasteiger partial charge on any atom is 0.349 e. The molecule has 4 aromatic rings. The lowest BCUT2D eigenvalue weighted by Gasteiger charge is -2.11. The van der Waals surface area contributed by atoms with Crippen LogP contribution >= 0.6 is 0 Å². The Morgan fingerprint density at radius 2 is 1.78 bits per heavy atom. The summed E-state index contributed by atoms with van der Waals surface area (Å²) >= 11 is 0. The Hall–Kier alpha value is -4.85. The summed E-state index contributed by atoms with van der Waals surface area (Å²) < 4.78 is 22.0. The second-order valence-electron chi connectivity index (χ2n) is 9.36. The summed E-state index contributed by atoms with van der Waals surface area (Å²) in [4.78, 5) is 37.5. The van der Waals surface area contributed by atoms with E-state index in [2.05, 4.69) is 12.2 Å². The second-order valence-corrected chi connectivity index (χ2v) is 9.36. The number of benzene rings is 3. The quantitative estimate of drug-likeness (QED) is 0.0713. The fraction of sp³-hybridized carbons (Fsp3) is 0.242. The van der Waals surface area contributed by atoms with Gasteiger partial charge in [0.25, 0.3) is 5.91 Å². The van der Waals surface area contributed by atoms with Crippen molar-refractivity contribution in [2.45, 2.75) is 32.6 Å². The van der Waals surface area contributed by atoms with E-state index in [0.717, 1.165) is 30.4 Å². The van der Waals surface area contributed by atoms with E-state index >= 15 is 0 Å². The van der Waals surface area contributed by atoms with Crippen molar-refractivity contribution in [3.05, 3.63) is 106 Å². The van der Waals surface area contributed by atoms with Crippen molar-refractivity contribution in [3.63, 3.8) is 0 Å². The zero-order chi connectivity index (χ0) is 29.0.